The van der Waals surface area contributed by atoms with Gasteiger partial charge in [0.05, 0.1) is 19.3 Å². The van der Waals surface area contributed by atoms with Crippen molar-refractivity contribution in [1.29, 1.82) is 0 Å². The zero-order chi connectivity index (χ0) is 25.5. The summed E-state index contributed by atoms with van der Waals surface area (Å²) in [6.07, 6.45) is 6.13. The van der Waals surface area contributed by atoms with Gasteiger partial charge in [0.1, 0.15) is 12.3 Å². The van der Waals surface area contributed by atoms with E-state index in [2.05, 4.69) is 32.3 Å². The van der Waals surface area contributed by atoms with Crippen molar-refractivity contribution < 1.29 is 14.3 Å². The number of esters is 1. The van der Waals surface area contributed by atoms with Crippen LogP contribution < -0.4 is 10.3 Å². The summed E-state index contributed by atoms with van der Waals surface area (Å²) in [5.41, 5.74) is 1.37. The Hall–Kier alpha value is -3.27. The van der Waals surface area contributed by atoms with Crippen molar-refractivity contribution in [2.45, 2.75) is 84.5 Å². The Balaban J connectivity index is 1.70. The van der Waals surface area contributed by atoms with Gasteiger partial charge in [-0.1, -0.05) is 26.2 Å². The fourth-order valence-corrected chi connectivity index (χ4v) is 5.14. The van der Waals surface area contributed by atoms with E-state index in [-0.39, 0.29) is 24.1 Å². The van der Waals surface area contributed by atoms with Crippen LogP contribution in [0.2, 0.25) is 0 Å². The summed E-state index contributed by atoms with van der Waals surface area (Å²) < 4.78 is 12.3. The number of aromatic amines is 1. The molecule has 1 aliphatic carbocycles. The quantitative estimate of drug-likeness (QED) is 0.377. The third-order valence-corrected chi connectivity index (χ3v) is 6.75. The van der Waals surface area contributed by atoms with Gasteiger partial charge in [0.15, 0.2) is 5.82 Å². The Morgan fingerprint density at radius 2 is 2.00 bits per heavy atom. The fraction of sp³-hybridized carbons (Fsp3) is 0.577. The zero-order valence-electron chi connectivity index (χ0n) is 21.4. The number of ether oxygens (including phenoxy) is 2. The molecule has 1 atom stereocenters. The van der Waals surface area contributed by atoms with E-state index in [4.69, 9.17) is 9.47 Å². The van der Waals surface area contributed by atoms with Crippen molar-refractivity contribution in [3.8, 4) is 5.75 Å². The van der Waals surface area contributed by atoms with Crippen LogP contribution in [0, 0.1) is 0 Å². The highest BCUT2D eigenvalue weighted by atomic mass is 16.5. The highest BCUT2D eigenvalue weighted by Gasteiger charge is 2.33. The first-order chi connectivity index (χ1) is 17.5. The Kier molecular flexibility index (Phi) is 8.69. The molecule has 0 aliphatic heterocycles. The molecule has 10 nitrogen and oxygen atoms in total. The largest absolute Gasteiger partial charge is 0.494 e. The molecule has 36 heavy (non-hydrogen) atoms. The lowest BCUT2D eigenvalue weighted by atomic mass is 10.0. The lowest BCUT2D eigenvalue weighted by Gasteiger charge is -2.35. The summed E-state index contributed by atoms with van der Waals surface area (Å²) in [7, 11) is 0. The van der Waals surface area contributed by atoms with E-state index in [9.17, 15) is 9.59 Å². The number of nitrogens with one attached hydrogen (secondary N) is 1. The van der Waals surface area contributed by atoms with Crippen LogP contribution in [0.1, 0.15) is 76.7 Å². The summed E-state index contributed by atoms with van der Waals surface area (Å²) in [6.45, 7) is 7.16. The predicted molar refractivity (Wildman–Crippen MR) is 136 cm³/mol. The summed E-state index contributed by atoms with van der Waals surface area (Å²) in [5, 5.41) is 13.2. The molecule has 1 N–H and O–H groups in total. The molecule has 1 aromatic carbocycles. The highest BCUT2D eigenvalue weighted by molar-refractivity contribution is 5.80. The molecule has 2 heterocycles. The van der Waals surface area contributed by atoms with Crippen LogP contribution in [0.5, 0.6) is 5.75 Å². The number of fused-ring (bicyclic) bond motifs is 1. The van der Waals surface area contributed by atoms with Gasteiger partial charge in [0, 0.05) is 29.1 Å². The maximum atomic E-state index is 13.1. The second-order valence-electron chi connectivity index (χ2n) is 9.22. The first-order valence-corrected chi connectivity index (χ1v) is 13.0. The molecule has 194 valence electrons. The Bertz CT molecular complexity index is 1220. The number of rotatable bonds is 12. The standard InChI is InChI=1S/C26H36N6O4/c1-4-9-23(25-28-29-30-32(25)17-24(33)36-6-3)31(20-10-7-8-11-20)16-19-14-18-15-21(35-5-2)12-13-22(18)27-26(19)34/h12-15,20,23H,4-11,16-17H2,1-3H3,(H,27,34)/t23-/m0/s1. The SMILES string of the molecule is CCC[C@@H](c1nnnn1CC(=O)OCC)N(Cc1cc2cc(OCC)ccc2[nH]c1=O)C1CCCC1. The molecule has 0 amide bonds. The van der Waals surface area contributed by atoms with E-state index < -0.39 is 0 Å². The van der Waals surface area contributed by atoms with Crippen molar-refractivity contribution in [1.82, 2.24) is 30.1 Å². The van der Waals surface area contributed by atoms with Crippen molar-refractivity contribution in [3.63, 3.8) is 0 Å². The maximum Gasteiger partial charge on any atom is 0.327 e. The number of H-pyrrole nitrogens is 1. The van der Waals surface area contributed by atoms with Crippen LogP contribution in [0.25, 0.3) is 10.9 Å². The minimum atomic E-state index is -0.371. The van der Waals surface area contributed by atoms with Gasteiger partial charge in [-0.15, -0.1) is 5.10 Å². The number of aromatic nitrogens is 5. The zero-order valence-corrected chi connectivity index (χ0v) is 21.4. The van der Waals surface area contributed by atoms with Gasteiger partial charge >= 0.3 is 5.97 Å². The van der Waals surface area contributed by atoms with Crippen molar-refractivity contribution in [3.05, 3.63) is 46.0 Å². The summed E-state index contributed by atoms with van der Waals surface area (Å²) in [4.78, 5) is 30.7. The number of benzene rings is 1. The third-order valence-electron chi connectivity index (χ3n) is 6.75. The van der Waals surface area contributed by atoms with E-state index in [0.29, 0.717) is 37.2 Å². The van der Waals surface area contributed by atoms with Crippen LogP contribution in [0.4, 0.5) is 0 Å². The van der Waals surface area contributed by atoms with E-state index in [1.165, 1.54) is 0 Å². The molecule has 0 unspecified atom stereocenters. The minimum Gasteiger partial charge on any atom is -0.494 e. The summed E-state index contributed by atoms with van der Waals surface area (Å²) in [5.74, 6) is 1.04. The van der Waals surface area contributed by atoms with Crippen LogP contribution in [-0.4, -0.2) is 55.3 Å². The number of carbonyl (C=O) groups excluding carboxylic acids is 1. The topological polar surface area (TPSA) is 115 Å². The van der Waals surface area contributed by atoms with Crippen LogP contribution in [-0.2, 0) is 22.6 Å². The Morgan fingerprint density at radius 3 is 2.72 bits per heavy atom. The second-order valence-corrected chi connectivity index (χ2v) is 9.22. The van der Waals surface area contributed by atoms with E-state index in [1.54, 1.807) is 11.6 Å². The lowest BCUT2D eigenvalue weighted by molar-refractivity contribution is -0.144. The average Bonchev–Trinajstić information content (AvgIpc) is 3.55. The van der Waals surface area contributed by atoms with Gasteiger partial charge in [0.2, 0.25) is 0 Å². The molecule has 2 aromatic heterocycles. The molecule has 1 fully saturated rings. The van der Waals surface area contributed by atoms with E-state index in [1.807, 2.05) is 31.2 Å². The highest BCUT2D eigenvalue weighted by Crippen LogP contribution is 2.34. The predicted octanol–water partition coefficient (Wildman–Crippen LogP) is 3.76. The number of nitrogens with zero attached hydrogens (tertiary/aromatic N) is 5. The first kappa shape index (κ1) is 25.8. The molecule has 0 saturated heterocycles. The van der Waals surface area contributed by atoms with Gasteiger partial charge in [-0.05, 0) is 67.8 Å². The smallest absolute Gasteiger partial charge is 0.327 e. The molecule has 4 rings (SSSR count). The molecule has 0 spiro atoms. The number of hydrogen-bond acceptors (Lipinski definition) is 8. The molecular weight excluding hydrogens is 460 g/mol. The molecule has 0 radical (unpaired) electrons. The monoisotopic (exact) mass is 496 g/mol. The number of pyridine rings is 1. The normalized spacial score (nSPS) is 15.0. The fourth-order valence-electron chi connectivity index (χ4n) is 5.14. The van der Waals surface area contributed by atoms with E-state index in [0.717, 1.165) is 55.2 Å². The minimum absolute atomic E-state index is 0.0361. The summed E-state index contributed by atoms with van der Waals surface area (Å²) >= 11 is 0. The number of tetrazole rings is 1. The molecule has 1 aliphatic rings. The van der Waals surface area contributed by atoms with Crippen LogP contribution >= 0.6 is 0 Å². The Labute approximate surface area is 211 Å². The Morgan fingerprint density at radius 1 is 1.19 bits per heavy atom. The number of hydrogen-bond donors (Lipinski definition) is 1. The van der Waals surface area contributed by atoms with Crippen LogP contribution in [0.15, 0.2) is 29.1 Å². The average molecular weight is 497 g/mol. The van der Waals surface area contributed by atoms with Crippen LogP contribution in [0.3, 0.4) is 0 Å². The van der Waals surface area contributed by atoms with Crippen molar-refractivity contribution >= 4 is 16.9 Å². The van der Waals surface area contributed by atoms with Gasteiger partial charge < -0.3 is 14.5 Å². The van der Waals surface area contributed by atoms with E-state index >= 15 is 0 Å². The summed E-state index contributed by atoms with van der Waals surface area (Å²) in [6, 6.07) is 7.84. The molecule has 10 heteroatoms. The third kappa shape index (κ3) is 5.92. The molecule has 0 bridgehead atoms. The van der Waals surface area contributed by atoms with Crippen molar-refractivity contribution in [2.24, 2.45) is 0 Å². The maximum absolute atomic E-state index is 13.1. The second kappa shape index (κ2) is 12.1. The van der Waals surface area contributed by atoms with Crippen molar-refractivity contribution in [2.75, 3.05) is 13.2 Å². The lowest BCUT2D eigenvalue weighted by Crippen LogP contribution is -2.39. The van der Waals surface area contributed by atoms with Gasteiger partial charge in [-0.25, -0.2) is 4.68 Å². The number of carbonyl (C=O) groups is 1. The van der Waals surface area contributed by atoms with Gasteiger partial charge in [-0.2, -0.15) is 0 Å². The molecular formula is C26H36N6O4. The van der Waals surface area contributed by atoms with Gasteiger partial charge in [0.25, 0.3) is 5.56 Å². The molecule has 1 saturated carbocycles. The molecule has 3 aromatic rings. The van der Waals surface area contributed by atoms with Gasteiger partial charge in [-0.3, -0.25) is 14.5 Å². The first-order valence-electron chi connectivity index (χ1n) is 13.0.